The molecule has 0 bridgehead atoms. The van der Waals surface area contributed by atoms with Gasteiger partial charge in [-0.1, -0.05) is 232 Å². The molecule has 1 aliphatic rings. The highest BCUT2D eigenvalue weighted by atomic mass is 32.2. The van der Waals surface area contributed by atoms with E-state index in [-0.39, 0.29) is 19.4 Å². The number of carbonyl (C=O) groups excluding carboxylic acids is 2. The number of hydrogen-bond donors (Lipinski definition) is 4. The Morgan fingerprint density at radius 3 is 1.14 bits per heavy atom. The van der Waals surface area contributed by atoms with Gasteiger partial charge in [0.15, 0.2) is 12.4 Å². The topological polar surface area (TPSA) is 186 Å². The second-order valence-electron chi connectivity index (χ2n) is 18.9. The first-order valence-corrected chi connectivity index (χ1v) is 28.2. The largest absolute Gasteiger partial charge is 0.462 e. The van der Waals surface area contributed by atoms with Crippen molar-refractivity contribution in [2.24, 2.45) is 0 Å². The summed E-state index contributed by atoms with van der Waals surface area (Å²) in [4.78, 5) is 25.5. The Morgan fingerprint density at radius 2 is 0.797 bits per heavy atom. The lowest BCUT2D eigenvalue weighted by Gasteiger charge is -2.40. The highest BCUT2D eigenvalue weighted by molar-refractivity contribution is 7.85. The summed E-state index contributed by atoms with van der Waals surface area (Å²) in [5, 5.41) is 31.0. The number of aliphatic hydroxyl groups is 3. The Balaban J connectivity index is 2.32. The first kappa shape index (κ1) is 60.7. The maximum Gasteiger partial charge on any atom is 0.306 e. The Labute approximate surface area is 391 Å². The monoisotopic (exact) mass is 935 g/mol. The minimum absolute atomic E-state index is 0.173. The van der Waals surface area contributed by atoms with E-state index < -0.39 is 71.2 Å². The number of unbranched alkanes of at least 4 members (excludes halogenated alkanes) is 34. The van der Waals surface area contributed by atoms with Gasteiger partial charge in [0.25, 0.3) is 10.1 Å². The van der Waals surface area contributed by atoms with Crippen molar-refractivity contribution in [2.75, 3.05) is 19.0 Å². The average Bonchev–Trinajstić information content (AvgIpc) is 3.26. The van der Waals surface area contributed by atoms with Crippen LogP contribution >= 0.6 is 0 Å². The lowest BCUT2D eigenvalue weighted by molar-refractivity contribution is -0.297. The van der Waals surface area contributed by atoms with Gasteiger partial charge in [-0.15, -0.1) is 0 Å². The molecule has 12 nitrogen and oxygen atoms in total. The van der Waals surface area contributed by atoms with Crippen LogP contribution in [0.15, 0.2) is 0 Å². The molecule has 1 saturated heterocycles. The van der Waals surface area contributed by atoms with Gasteiger partial charge >= 0.3 is 11.9 Å². The normalized spacial score (nSPS) is 19.5. The van der Waals surface area contributed by atoms with Crippen molar-refractivity contribution < 1.29 is 56.8 Å². The molecule has 1 rings (SSSR count). The highest BCUT2D eigenvalue weighted by Gasteiger charge is 2.46. The third-order valence-corrected chi connectivity index (χ3v) is 13.4. The van der Waals surface area contributed by atoms with Gasteiger partial charge in [0, 0.05) is 12.8 Å². The minimum Gasteiger partial charge on any atom is -0.462 e. The van der Waals surface area contributed by atoms with Gasteiger partial charge in [0.2, 0.25) is 0 Å². The summed E-state index contributed by atoms with van der Waals surface area (Å²) >= 11 is 0. The summed E-state index contributed by atoms with van der Waals surface area (Å²) in [6.07, 6.45) is 35.8. The molecule has 6 atom stereocenters. The molecule has 64 heavy (non-hydrogen) atoms. The zero-order valence-corrected chi connectivity index (χ0v) is 41.7. The molecule has 380 valence electrons. The second-order valence-corrected chi connectivity index (χ2v) is 20.4. The molecule has 0 spiro atoms. The zero-order valence-electron chi connectivity index (χ0n) is 40.9. The molecule has 13 heteroatoms. The summed E-state index contributed by atoms with van der Waals surface area (Å²) in [7, 11) is -4.60. The van der Waals surface area contributed by atoms with Gasteiger partial charge in [0.05, 0.1) is 6.61 Å². The predicted molar refractivity (Wildman–Crippen MR) is 257 cm³/mol. The van der Waals surface area contributed by atoms with E-state index in [4.69, 9.17) is 18.9 Å². The van der Waals surface area contributed by atoms with E-state index in [9.17, 15) is 37.9 Å². The van der Waals surface area contributed by atoms with Crippen LogP contribution in [0, 0.1) is 0 Å². The lowest BCUT2D eigenvalue weighted by atomic mass is 10.00. The van der Waals surface area contributed by atoms with Crippen LogP contribution in [-0.4, -0.2) is 96.0 Å². The van der Waals surface area contributed by atoms with Crippen molar-refractivity contribution in [3.8, 4) is 0 Å². The van der Waals surface area contributed by atoms with Gasteiger partial charge in [-0.2, -0.15) is 8.42 Å². The van der Waals surface area contributed by atoms with E-state index in [1.54, 1.807) is 0 Å². The molecule has 0 aromatic heterocycles. The Bertz CT molecular complexity index is 1190. The Hall–Kier alpha value is -1.35. The molecular weight excluding hydrogens is 837 g/mol. The van der Waals surface area contributed by atoms with Crippen molar-refractivity contribution in [2.45, 2.75) is 295 Å². The minimum atomic E-state index is -4.60. The van der Waals surface area contributed by atoms with E-state index >= 15 is 0 Å². The fraction of sp³-hybridized carbons (Fsp3) is 0.961. The van der Waals surface area contributed by atoms with Crippen LogP contribution in [0.1, 0.15) is 258 Å². The molecular formula is C51H98O12S. The maximum absolute atomic E-state index is 12.9. The molecule has 0 aromatic rings. The summed E-state index contributed by atoms with van der Waals surface area (Å²) in [5.74, 6) is -1.96. The van der Waals surface area contributed by atoms with E-state index in [0.29, 0.717) is 12.8 Å². The summed E-state index contributed by atoms with van der Waals surface area (Å²) < 4.78 is 54.3. The molecule has 1 aliphatic heterocycles. The zero-order chi connectivity index (χ0) is 46.9. The van der Waals surface area contributed by atoms with E-state index in [0.717, 1.165) is 38.5 Å². The molecule has 4 N–H and O–H groups in total. The van der Waals surface area contributed by atoms with Crippen LogP contribution in [0.2, 0.25) is 0 Å². The van der Waals surface area contributed by atoms with Gasteiger partial charge in [-0.05, 0) is 12.8 Å². The van der Waals surface area contributed by atoms with Crippen molar-refractivity contribution in [1.82, 2.24) is 0 Å². The highest BCUT2D eigenvalue weighted by Crippen LogP contribution is 2.24. The summed E-state index contributed by atoms with van der Waals surface area (Å²) in [6, 6.07) is 0. The van der Waals surface area contributed by atoms with Crippen LogP contribution in [0.5, 0.6) is 0 Å². The molecule has 0 aromatic carbocycles. The molecule has 0 amide bonds. The van der Waals surface area contributed by atoms with Gasteiger partial charge < -0.3 is 34.3 Å². The number of hydrogen-bond acceptors (Lipinski definition) is 11. The average molecular weight is 935 g/mol. The third kappa shape index (κ3) is 35.8. The molecule has 0 aliphatic carbocycles. The van der Waals surface area contributed by atoms with Crippen LogP contribution in [-0.2, 0) is 38.7 Å². The van der Waals surface area contributed by atoms with E-state index in [1.807, 2.05) is 0 Å². The molecule has 1 heterocycles. The van der Waals surface area contributed by atoms with Gasteiger partial charge in [-0.3, -0.25) is 14.1 Å². The van der Waals surface area contributed by atoms with Crippen LogP contribution < -0.4 is 0 Å². The summed E-state index contributed by atoms with van der Waals surface area (Å²) in [6.45, 7) is 3.81. The predicted octanol–water partition coefficient (Wildman–Crippen LogP) is 12.0. The quantitative estimate of drug-likeness (QED) is 0.0257. The summed E-state index contributed by atoms with van der Waals surface area (Å²) in [5.41, 5.74) is 0. The van der Waals surface area contributed by atoms with E-state index in [2.05, 4.69) is 13.8 Å². The fourth-order valence-electron chi connectivity index (χ4n) is 8.56. The second kappa shape index (κ2) is 41.8. The van der Waals surface area contributed by atoms with Crippen LogP contribution in [0.4, 0.5) is 0 Å². The number of rotatable bonds is 46. The smallest absolute Gasteiger partial charge is 0.306 e. The van der Waals surface area contributed by atoms with Crippen molar-refractivity contribution in [3.63, 3.8) is 0 Å². The molecule has 6 unspecified atom stereocenters. The lowest BCUT2D eigenvalue weighted by Crippen LogP contribution is -2.60. The van der Waals surface area contributed by atoms with Crippen molar-refractivity contribution in [3.05, 3.63) is 0 Å². The SMILES string of the molecule is CCCCCCCCCCCCCCCCCCCCCCCCC(=O)OC(COC(=O)CCCCCCCCCCCCCCCC)COC1OC(CS(=O)(=O)O)C(O)C(O)C1O. The van der Waals surface area contributed by atoms with Crippen molar-refractivity contribution >= 4 is 22.1 Å². The van der Waals surface area contributed by atoms with Crippen molar-refractivity contribution in [1.29, 1.82) is 0 Å². The number of aliphatic hydroxyl groups excluding tert-OH is 3. The molecule has 0 radical (unpaired) electrons. The molecule has 1 fully saturated rings. The maximum atomic E-state index is 12.9. The van der Waals surface area contributed by atoms with Crippen LogP contribution in [0.3, 0.4) is 0 Å². The molecule has 0 saturated carbocycles. The number of carbonyl (C=O) groups is 2. The third-order valence-electron chi connectivity index (χ3n) is 12.7. The Kier molecular flexibility index (Phi) is 39.6. The first-order chi connectivity index (χ1) is 31.0. The number of esters is 2. The first-order valence-electron chi connectivity index (χ1n) is 26.6. The Morgan fingerprint density at radius 1 is 0.469 bits per heavy atom. The van der Waals surface area contributed by atoms with E-state index in [1.165, 1.54) is 180 Å². The van der Waals surface area contributed by atoms with Gasteiger partial charge in [0.1, 0.15) is 36.8 Å². The fourth-order valence-corrected chi connectivity index (χ4v) is 9.25. The number of ether oxygens (including phenoxy) is 4. The van der Waals surface area contributed by atoms with Crippen LogP contribution in [0.25, 0.3) is 0 Å². The van der Waals surface area contributed by atoms with Gasteiger partial charge in [-0.25, -0.2) is 0 Å². The standard InChI is InChI=1S/C51H98O12S/c1-3-5-7-9-11-13-15-17-19-20-21-22-23-24-25-26-28-30-32-34-36-38-40-47(53)62-44(42-61-51-50(56)49(55)48(54)45(63-51)43-64(57,58)59)41-60-46(52)39-37-35-33-31-29-27-18-16-14-12-10-8-6-4-2/h44-45,48-51,54-56H,3-43H2,1-2H3,(H,57,58,59).